The summed E-state index contributed by atoms with van der Waals surface area (Å²) in [6, 6.07) is 0.417. The first kappa shape index (κ1) is 14.1. The number of rotatable bonds is 6. The minimum absolute atomic E-state index is 0.0256. The molecule has 2 amide bonds. The van der Waals surface area contributed by atoms with Crippen molar-refractivity contribution >= 4 is 11.8 Å². The first-order valence-corrected chi connectivity index (χ1v) is 7.68. The van der Waals surface area contributed by atoms with E-state index >= 15 is 0 Å². The van der Waals surface area contributed by atoms with Crippen LogP contribution in [0.3, 0.4) is 0 Å². The fourth-order valence-corrected chi connectivity index (χ4v) is 2.90. The molecule has 6 heteroatoms. The van der Waals surface area contributed by atoms with Crippen molar-refractivity contribution in [3.63, 3.8) is 0 Å². The number of aryl methyl sites for hydroxylation is 2. The minimum atomic E-state index is -0.156. The lowest BCUT2D eigenvalue weighted by Crippen LogP contribution is -2.34. The van der Waals surface area contributed by atoms with E-state index in [1.54, 1.807) is 4.68 Å². The number of nitrogens with zero attached hydrogens (tertiary/aromatic N) is 3. The summed E-state index contributed by atoms with van der Waals surface area (Å²) < 4.78 is 1.78. The number of carbonyl (C=O) groups excluding carboxylic acids is 2. The normalized spacial score (nSPS) is 21.9. The average Bonchev–Trinajstić information content (AvgIpc) is 3.10. The number of hydrogen-bond donors (Lipinski definition) is 1. The molecule has 6 nitrogen and oxygen atoms in total. The molecule has 1 aromatic heterocycles. The number of hydrogen-bond acceptors (Lipinski definition) is 3. The fourth-order valence-electron chi connectivity index (χ4n) is 2.90. The van der Waals surface area contributed by atoms with Crippen LogP contribution in [0.2, 0.25) is 0 Å². The summed E-state index contributed by atoms with van der Waals surface area (Å²) in [5, 5.41) is 7.08. The van der Waals surface area contributed by atoms with Crippen molar-refractivity contribution in [1.82, 2.24) is 20.0 Å². The average molecular weight is 290 g/mol. The molecule has 0 bridgehead atoms. The Morgan fingerprint density at radius 1 is 1.48 bits per heavy atom. The topological polar surface area (TPSA) is 67.2 Å². The van der Waals surface area contributed by atoms with Gasteiger partial charge >= 0.3 is 0 Å². The molecule has 1 N–H and O–H groups in total. The Morgan fingerprint density at radius 2 is 2.29 bits per heavy atom. The highest BCUT2D eigenvalue weighted by Crippen LogP contribution is 2.32. The van der Waals surface area contributed by atoms with Gasteiger partial charge in [0.1, 0.15) is 0 Å². The van der Waals surface area contributed by atoms with Gasteiger partial charge in [-0.25, -0.2) is 0 Å². The lowest BCUT2D eigenvalue weighted by Gasteiger charge is -2.15. The van der Waals surface area contributed by atoms with Crippen LogP contribution in [-0.2, 0) is 23.1 Å². The summed E-state index contributed by atoms with van der Waals surface area (Å²) in [5.41, 5.74) is 1.18. The van der Waals surface area contributed by atoms with Crippen molar-refractivity contribution in [3.8, 4) is 0 Å². The van der Waals surface area contributed by atoms with Crippen LogP contribution in [0.25, 0.3) is 0 Å². The van der Waals surface area contributed by atoms with Gasteiger partial charge in [0.25, 0.3) is 0 Å². The Balaban J connectivity index is 1.37. The molecule has 1 unspecified atom stereocenters. The molecule has 1 atom stereocenters. The van der Waals surface area contributed by atoms with Crippen LogP contribution >= 0.6 is 0 Å². The van der Waals surface area contributed by atoms with Gasteiger partial charge in [-0.1, -0.05) is 0 Å². The van der Waals surface area contributed by atoms with Gasteiger partial charge in [0.2, 0.25) is 11.8 Å². The first-order valence-electron chi connectivity index (χ1n) is 7.68. The maximum Gasteiger partial charge on any atom is 0.225 e. The molecule has 1 saturated heterocycles. The van der Waals surface area contributed by atoms with Crippen molar-refractivity contribution in [2.75, 3.05) is 13.1 Å². The summed E-state index contributed by atoms with van der Waals surface area (Å²) in [6.07, 6.45) is 8.23. The van der Waals surface area contributed by atoms with E-state index in [4.69, 9.17) is 0 Å². The van der Waals surface area contributed by atoms with E-state index in [9.17, 15) is 9.59 Å². The van der Waals surface area contributed by atoms with Gasteiger partial charge < -0.3 is 10.2 Å². The molecule has 21 heavy (non-hydrogen) atoms. The van der Waals surface area contributed by atoms with Gasteiger partial charge in [-0.3, -0.25) is 14.3 Å². The highest BCUT2D eigenvalue weighted by molar-refractivity contribution is 5.89. The van der Waals surface area contributed by atoms with E-state index in [2.05, 4.69) is 10.4 Å². The molecule has 114 valence electrons. The van der Waals surface area contributed by atoms with E-state index in [0.29, 0.717) is 25.6 Å². The summed E-state index contributed by atoms with van der Waals surface area (Å²) in [7, 11) is 1.90. The zero-order chi connectivity index (χ0) is 14.8. The lowest BCUT2D eigenvalue weighted by molar-refractivity contribution is -0.129. The Hall–Kier alpha value is -1.85. The molecule has 0 aromatic carbocycles. The number of aromatic nitrogens is 2. The smallest absolute Gasteiger partial charge is 0.225 e. The highest BCUT2D eigenvalue weighted by Gasteiger charge is 2.41. The third kappa shape index (κ3) is 3.43. The van der Waals surface area contributed by atoms with Crippen molar-refractivity contribution < 1.29 is 9.59 Å². The van der Waals surface area contributed by atoms with Crippen LogP contribution in [-0.4, -0.2) is 45.6 Å². The van der Waals surface area contributed by atoms with E-state index in [1.807, 2.05) is 24.3 Å². The molecule has 1 aliphatic carbocycles. The maximum atomic E-state index is 12.1. The standard InChI is InChI=1S/C15H22N4O2/c1-18-9-11(8-17-18)3-2-6-16-15(21)12-7-14(20)19(10-12)13-4-5-13/h8-9,12-13H,2-7,10H2,1H3,(H,16,21). The lowest BCUT2D eigenvalue weighted by atomic mass is 10.1. The second-order valence-corrected chi connectivity index (χ2v) is 6.10. The SMILES string of the molecule is Cn1cc(CCCNC(=O)C2CC(=O)N(C3CC3)C2)cn1. The fraction of sp³-hybridized carbons (Fsp3) is 0.667. The van der Waals surface area contributed by atoms with Crippen LogP contribution in [0.4, 0.5) is 0 Å². The second-order valence-electron chi connectivity index (χ2n) is 6.10. The Kier molecular flexibility index (Phi) is 3.94. The van der Waals surface area contributed by atoms with Gasteiger partial charge in [-0.15, -0.1) is 0 Å². The molecular formula is C15H22N4O2. The maximum absolute atomic E-state index is 12.1. The number of likely N-dealkylation sites (tertiary alicyclic amines) is 1. The van der Waals surface area contributed by atoms with Crippen molar-refractivity contribution in [2.24, 2.45) is 13.0 Å². The largest absolute Gasteiger partial charge is 0.356 e. The summed E-state index contributed by atoms with van der Waals surface area (Å²) in [4.78, 5) is 25.8. The number of nitrogens with one attached hydrogen (secondary N) is 1. The summed E-state index contributed by atoms with van der Waals surface area (Å²) >= 11 is 0. The predicted octanol–water partition coefficient (Wildman–Crippen LogP) is 0.480. The Labute approximate surface area is 124 Å². The molecule has 1 aromatic rings. The molecular weight excluding hydrogens is 268 g/mol. The van der Waals surface area contributed by atoms with Crippen LogP contribution < -0.4 is 5.32 Å². The highest BCUT2D eigenvalue weighted by atomic mass is 16.2. The first-order chi connectivity index (χ1) is 10.1. The van der Waals surface area contributed by atoms with Crippen LogP contribution in [0.15, 0.2) is 12.4 Å². The summed E-state index contributed by atoms with van der Waals surface area (Å²) in [6.45, 7) is 1.26. The third-order valence-corrected chi connectivity index (χ3v) is 4.22. The monoisotopic (exact) mass is 290 g/mol. The van der Waals surface area contributed by atoms with Gasteiger partial charge in [-0.05, 0) is 31.2 Å². The van der Waals surface area contributed by atoms with E-state index < -0.39 is 0 Å². The molecule has 0 radical (unpaired) electrons. The minimum Gasteiger partial charge on any atom is -0.356 e. The molecule has 2 heterocycles. The van der Waals surface area contributed by atoms with Crippen molar-refractivity contribution in [3.05, 3.63) is 18.0 Å². The van der Waals surface area contributed by atoms with Crippen molar-refractivity contribution in [2.45, 2.75) is 38.1 Å². The van der Waals surface area contributed by atoms with Crippen LogP contribution in [0.5, 0.6) is 0 Å². The van der Waals surface area contributed by atoms with E-state index in [-0.39, 0.29) is 17.7 Å². The molecule has 2 fully saturated rings. The molecule has 1 saturated carbocycles. The van der Waals surface area contributed by atoms with Gasteiger partial charge in [0.05, 0.1) is 12.1 Å². The molecule has 0 spiro atoms. The van der Waals surface area contributed by atoms with Gasteiger partial charge in [0.15, 0.2) is 0 Å². The van der Waals surface area contributed by atoms with Crippen LogP contribution in [0, 0.1) is 5.92 Å². The number of carbonyl (C=O) groups is 2. The second kappa shape index (κ2) is 5.87. The zero-order valence-electron chi connectivity index (χ0n) is 12.4. The Morgan fingerprint density at radius 3 is 2.95 bits per heavy atom. The molecule has 3 rings (SSSR count). The Bertz CT molecular complexity index is 536. The van der Waals surface area contributed by atoms with Gasteiger partial charge in [-0.2, -0.15) is 5.10 Å². The summed E-state index contributed by atoms with van der Waals surface area (Å²) in [5.74, 6) is 0.0159. The molecule has 2 aliphatic rings. The quantitative estimate of drug-likeness (QED) is 0.775. The predicted molar refractivity (Wildman–Crippen MR) is 77.4 cm³/mol. The third-order valence-electron chi connectivity index (χ3n) is 4.22. The van der Waals surface area contributed by atoms with E-state index in [0.717, 1.165) is 25.7 Å². The molecule has 1 aliphatic heterocycles. The number of amides is 2. The van der Waals surface area contributed by atoms with Crippen molar-refractivity contribution in [1.29, 1.82) is 0 Å². The van der Waals surface area contributed by atoms with E-state index in [1.165, 1.54) is 5.56 Å². The van der Waals surface area contributed by atoms with Crippen LogP contribution in [0.1, 0.15) is 31.2 Å². The zero-order valence-corrected chi connectivity index (χ0v) is 12.4. The van der Waals surface area contributed by atoms with Gasteiger partial charge in [0, 0.05) is 38.8 Å².